The molecule has 20 heavy (non-hydrogen) atoms. The third-order valence-corrected chi connectivity index (χ3v) is 3.78. The lowest BCUT2D eigenvalue weighted by atomic mass is 10.0. The fourth-order valence-electron chi connectivity index (χ4n) is 2.40. The maximum atomic E-state index is 12.1. The molecule has 2 amide bonds. The smallest absolute Gasteiger partial charge is 0.313 e. The summed E-state index contributed by atoms with van der Waals surface area (Å²) in [7, 11) is 0. The Labute approximate surface area is 118 Å². The number of aliphatic hydroxyl groups excluding tert-OH is 1. The van der Waals surface area contributed by atoms with Crippen LogP contribution in [-0.2, 0) is 9.59 Å². The number of anilines is 1. The molecule has 2 rings (SSSR count). The summed E-state index contributed by atoms with van der Waals surface area (Å²) < 4.78 is 0. The number of aliphatic hydroxyl groups is 1. The van der Waals surface area contributed by atoms with Crippen LogP contribution in [0.2, 0.25) is 0 Å². The topological polar surface area (TPSA) is 69.6 Å². The molecular weight excluding hydrogens is 256 g/mol. The Hall–Kier alpha value is -1.88. The number of nitrogens with zero attached hydrogens (tertiary/aromatic N) is 1. The number of aryl methyl sites for hydroxylation is 1. The first-order valence-electron chi connectivity index (χ1n) is 6.83. The van der Waals surface area contributed by atoms with Gasteiger partial charge in [-0.3, -0.25) is 9.59 Å². The standard InChI is InChI=1S/C15H20N2O3/c1-10-5-3-4-6-13(10)16-14(19)15(20)17-8-7-12(9-17)11(2)18/h3-6,11-12,18H,7-9H2,1-2H3,(H,16,19). The van der Waals surface area contributed by atoms with Crippen LogP contribution in [0.4, 0.5) is 5.69 Å². The molecule has 1 aromatic carbocycles. The summed E-state index contributed by atoms with van der Waals surface area (Å²) in [6.07, 6.45) is 0.286. The van der Waals surface area contributed by atoms with E-state index in [9.17, 15) is 14.7 Å². The minimum Gasteiger partial charge on any atom is -0.393 e. The predicted octanol–water partition coefficient (Wildman–Crippen LogP) is 1.16. The van der Waals surface area contributed by atoms with Gasteiger partial charge in [0.1, 0.15) is 0 Å². The number of nitrogens with one attached hydrogen (secondary N) is 1. The molecule has 1 saturated heterocycles. The normalized spacial score (nSPS) is 19.8. The van der Waals surface area contributed by atoms with Gasteiger partial charge < -0.3 is 15.3 Å². The SMILES string of the molecule is Cc1ccccc1NC(=O)C(=O)N1CCC(C(C)O)C1. The fourth-order valence-corrected chi connectivity index (χ4v) is 2.40. The molecule has 0 spiro atoms. The van der Waals surface area contributed by atoms with Crippen molar-refractivity contribution in [2.45, 2.75) is 26.4 Å². The first kappa shape index (κ1) is 14.5. The Morgan fingerprint density at radius 3 is 2.70 bits per heavy atom. The van der Waals surface area contributed by atoms with Crippen LogP contribution >= 0.6 is 0 Å². The Morgan fingerprint density at radius 1 is 1.40 bits per heavy atom. The van der Waals surface area contributed by atoms with Crippen LogP contribution in [0.25, 0.3) is 0 Å². The molecule has 1 aliphatic heterocycles. The minimum atomic E-state index is -0.620. The van der Waals surface area contributed by atoms with Crippen LogP contribution in [0.1, 0.15) is 18.9 Å². The molecule has 1 aromatic rings. The zero-order chi connectivity index (χ0) is 14.7. The number of hydrogen-bond donors (Lipinski definition) is 2. The van der Waals surface area contributed by atoms with E-state index in [1.165, 1.54) is 4.90 Å². The molecule has 2 unspecified atom stereocenters. The molecule has 2 atom stereocenters. The van der Waals surface area contributed by atoms with Crippen LogP contribution in [0, 0.1) is 12.8 Å². The van der Waals surface area contributed by atoms with E-state index in [2.05, 4.69) is 5.32 Å². The summed E-state index contributed by atoms with van der Waals surface area (Å²) in [6, 6.07) is 7.33. The number of hydrogen-bond acceptors (Lipinski definition) is 3. The molecule has 0 aliphatic carbocycles. The molecule has 0 bridgehead atoms. The van der Waals surface area contributed by atoms with Crippen LogP contribution in [-0.4, -0.2) is 41.0 Å². The lowest BCUT2D eigenvalue weighted by Gasteiger charge is -2.17. The summed E-state index contributed by atoms with van der Waals surface area (Å²) >= 11 is 0. The van der Waals surface area contributed by atoms with Gasteiger partial charge in [0.25, 0.3) is 0 Å². The Bertz CT molecular complexity index is 514. The number of para-hydroxylation sites is 1. The average molecular weight is 276 g/mol. The summed E-state index contributed by atoms with van der Waals surface area (Å²) in [4.78, 5) is 25.5. The zero-order valence-corrected chi connectivity index (χ0v) is 11.8. The maximum absolute atomic E-state index is 12.1. The van der Waals surface area contributed by atoms with Crippen LogP contribution in [0.3, 0.4) is 0 Å². The largest absolute Gasteiger partial charge is 0.393 e. The zero-order valence-electron chi connectivity index (χ0n) is 11.8. The van der Waals surface area contributed by atoms with Gasteiger partial charge in [-0.15, -0.1) is 0 Å². The van der Waals surface area contributed by atoms with Gasteiger partial charge >= 0.3 is 11.8 Å². The van der Waals surface area contributed by atoms with E-state index >= 15 is 0 Å². The van der Waals surface area contributed by atoms with Crippen molar-refractivity contribution in [2.75, 3.05) is 18.4 Å². The number of amides is 2. The van der Waals surface area contributed by atoms with Gasteiger partial charge in [0.2, 0.25) is 0 Å². The number of carbonyl (C=O) groups is 2. The van der Waals surface area contributed by atoms with Crippen LogP contribution in [0.5, 0.6) is 0 Å². The van der Waals surface area contributed by atoms with Gasteiger partial charge in [0.15, 0.2) is 0 Å². The summed E-state index contributed by atoms with van der Waals surface area (Å²) in [5.74, 6) is -1.09. The third kappa shape index (κ3) is 3.17. The van der Waals surface area contributed by atoms with E-state index in [1.54, 1.807) is 13.0 Å². The Kier molecular flexibility index (Phi) is 4.39. The number of benzene rings is 1. The molecule has 108 valence electrons. The monoisotopic (exact) mass is 276 g/mol. The highest BCUT2D eigenvalue weighted by molar-refractivity contribution is 6.39. The third-order valence-electron chi connectivity index (χ3n) is 3.78. The molecule has 1 heterocycles. The molecule has 2 N–H and O–H groups in total. The minimum absolute atomic E-state index is 0.0604. The highest BCUT2D eigenvalue weighted by Gasteiger charge is 2.32. The van der Waals surface area contributed by atoms with E-state index in [0.29, 0.717) is 18.8 Å². The highest BCUT2D eigenvalue weighted by Crippen LogP contribution is 2.20. The molecule has 0 radical (unpaired) electrons. The summed E-state index contributed by atoms with van der Waals surface area (Å²) in [5.41, 5.74) is 1.56. The van der Waals surface area contributed by atoms with Gasteiger partial charge in [-0.2, -0.15) is 0 Å². The Balaban J connectivity index is 1.97. The van der Waals surface area contributed by atoms with E-state index in [4.69, 9.17) is 0 Å². The predicted molar refractivity (Wildman–Crippen MR) is 76.2 cm³/mol. The highest BCUT2D eigenvalue weighted by atomic mass is 16.3. The maximum Gasteiger partial charge on any atom is 0.313 e. The van der Waals surface area contributed by atoms with E-state index in [1.807, 2.05) is 25.1 Å². The molecule has 0 aromatic heterocycles. The quantitative estimate of drug-likeness (QED) is 0.796. The molecule has 5 heteroatoms. The summed E-state index contributed by atoms with van der Waals surface area (Å²) in [6.45, 7) is 4.55. The second-order valence-electron chi connectivity index (χ2n) is 5.31. The van der Waals surface area contributed by atoms with Crippen molar-refractivity contribution < 1.29 is 14.7 Å². The summed E-state index contributed by atoms with van der Waals surface area (Å²) in [5, 5.41) is 12.2. The Morgan fingerprint density at radius 2 is 2.10 bits per heavy atom. The van der Waals surface area contributed by atoms with Crippen molar-refractivity contribution in [1.29, 1.82) is 0 Å². The number of likely N-dealkylation sites (tertiary alicyclic amines) is 1. The number of rotatable bonds is 2. The van der Waals surface area contributed by atoms with Crippen molar-refractivity contribution >= 4 is 17.5 Å². The van der Waals surface area contributed by atoms with Gasteiger partial charge in [-0.1, -0.05) is 18.2 Å². The lowest BCUT2D eigenvalue weighted by molar-refractivity contribution is -0.142. The lowest BCUT2D eigenvalue weighted by Crippen LogP contribution is -2.39. The van der Waals surface area contributed by atoms with Gasteiger partial charge in [-0.05, 0) is 31.9 Å². The average Bonchev–Trinajstić information content (AvgIpc) is 2.90. The second-order valence-corrected chi connectivity index (χ2v) is 5.31. The van der Waals surface area contributed by atoms with E-state index < -0.39 is 17.9 Å². The second kappa shape index (κ2) is 6.05. The van der Waals surface area contributed by atoms with Crippen molar-refractivity contribution in [3.05, 3.63) is 29.8 Å². The van der Waals surface area contributed by atoms with Gasteiger partial charge in [-0.25, -0.2) is 0 Å². The van der Waals surface area contributed by atoms with Crippen LogP contribution in [0.15, 0.2) is 24.3 Å². The van der Waals surface area contributed by atoms with Crippen molar-refractivity contribution in [3.63, 3.8) is 0 Å². The molecule has 1 fully saturated rings. The molecule has 1 aliphatic rings. The number of carbonyl (C=O) groups excluding carboxylic acids is 2. The van der Waals surface area contributed by atoms with Gasteiger partial charge in [0, 0.05) is 24.7 Å². The first-order valence-corrected chi connectivity index (χ1v) is 6.83. The van der Waals surface area contributed by atoms with Crippen molar-refractivity contribution in [2.24, 2.45) is 5.92 Å². The van der Waals surface area contributed by atoms with E-state index in [-0.39, 0.29) is 5.92 Å². The molecule has 5 nitrogen and oxygen atoms in total. The van der Waals surface area contributed by atoms with Gasteiger partial charge in [0.05, 0.1) is 6.10 Å². The van der Waals surface area contributed by atoms with Crippen molar-refractivity contribution in [1.82, 2.24) is 4.90 Å². The first-order chi connectivity index (χ1) is 9.49. The van der Waals surface area contributed by atoms with Crippen molar-refractivity contribution in [3.8, 4) is 0 Å². The fraction of sp³-hybridized carbons (Fsp3) is 0.467. The molecular formula is C15H20N2O3. The molecule has 0 saturated carbocycles. The van der Waals surface area contributed by atoms with Crippen LogP contribution < -0.4 is 5.32 Å². The van der Waals surface area contributed by atoms with E-state index in [0.717, 1.165) is 12.0 Å².